The van der Waals surface area contributed by atoms with Gasteiger partial charge < -0.3 is 20.1 Å². The first kappa shape index (κ1) is 15.0. The van der Waals surface area contributed by atoms with E-state index in [1.54, 1.807) is 17.8 Å². The molecule has 0 aliphatic carbocycles. The summed E-state index contributed by atoms with van der Waals surface area (Å²) in [5.74, 6) is -1.60. The third-order valence-corrected chi connectivity index (χ3v) is 3.31. The number of amides is 1. The number of aliphatic hydroxyl groups is 1. The van der Waals surface area contributed by atoms with Gasteiger partial charge in [-0.05, 0) is 19.1 Å². The molecule has 1 aromatic heterocycles. The summed E-state index contributed by atoms with van der Waals surface area (Å²) in [5.41, 5.74) is 1.57. The maximum Gasteiger partial charge on any atom is 0.326 e. The number of nitrogens with one attached hydrogen (secondary N) is 1. The van der Waals surface area contributed by atoms with Gasteiger partial charge in [-0.25, -0.2) is 9.78 Å². The highest BCUT2D eigenvalue weighted by molar-refractivity contribution is 5.87. The number of aromatic nitrogens is 2. The van der Waals surface area contributed by atoms with Crippen LogP contribution >= 0.6 is 0 Å². The Bertz CT molecular complexity index is 652. The number of hydrogen-bond donors (Lipinski definition) is 3. The number of benzene rings is 1. The smallest absolute Gasteiger partial charge is 0.326 e. The van der Waals surface area contributed by atoms with Crippen molar-refractivity contribution >= 4 is 22.9 Å². The van der Waals surface area contributed by atoms with E-state index < -0.39 is 24.0 Å². The van der Waals surface area contributed by atoms with Crippen LogP contribution in [0.25, 0.3) is 11.0 Å². The molecule has 0 bridgehead atoms. The first-order valence-electron chi connectivity index (χ1n) is 6.60. The van der Waals surface area contributed by atoms with Crippen molar-refractivity contribution in [3.63, 3.8) is 0 Å². The van der Waals surface area contributed by atoms with Crippen LogP contribution in [-0.4, -0.2) is 44.3 Å². The van der Waals surface area contributed by atoms with Gasteiger partial charge in [-0.3, -0.25) is 4.79 Å². The molecule has 2 aromatic rings. The van der Waals surface area contributed by atoms with Crippen LogP contribution in [0.4, 0.5) is 0 Å². The van der Waals surface area contributed by atoms with Crippen LogP contribution in [0, 0.1) is 0 Å². The molecule has 1 heterocycles. The molecule has 0 spiro atoms. The Kier molecular flexibility index (Phi) is 4.54. The molecule has 21 heavy (non-hydrogen) atoms. The molecule has 112 valence electrons. The van der Waals surface area contributed by atoms with E-state index in [-0.39, 0.29) is 13.0 Å². The standard InChI is InChI=1S/C14H17N3O4/c1-9(13(19)16-11(6-7-18)14(20)21)17-8-15-10-4-2-3-5-12(10)17/h2-5,8-9,11,18H,6-7H2,1H3,(H,16,19)(H,20,21)/t9?,11-/m1/s1. The number of para-hydroxylation sites is 2. The van der Waals surface area contributed by atoms with Crippen molar-refractivity contribution in [3.05, 3.63) is 30.6 Å². The summed E-state index contributed by atoms with van der Waals surface area (Å²) in [6, 6.07) is 5.68. The van der Waals surface area contributed by atoms with Crippen molar-refractivity contribution in [2.45, 2.75) is 25.4 Å². The Balaban J connectivity index is 2.17. The highest BCUT2D eigenvalue weighted by Crippen LogP contribution is 2.17. The highest BCUT2D eigenvalue weighted by Gasteiger charge is 2.24. The van der Waals surface area contributed by atoms with Gasteiger partial charge in [-0.1, -0.05) is 12.1 Å². The zero-order valence-electron chi connectivity index (χ0n) is 11.6. The normalized spacial score (nSPS) is 13.8. The number of carbonyl (C=O) groups excluding carboxylic acids is 1. The summed E-state index contributed by atoms with van der Waals surface area (Å²) in [4.78, 5) is 27.4. The predicted octanol–water partition coefficient (Wildman–Crippen LogP) is 0.549. The van der Waals surface area contributed by atoms with Gasteiger partial charge in [0, 0.05) is 13.0 Å². The summed E-state index contributed by atoms with van der Waals surface area (Å²) in [6.45, 7) is 1.36. The molecule has 2 rings (SSSR count). The predicted molar refractivity (Wildman–Crippen MR) is 75.7 cm³/mol. The summed E-state index contributed by atoms with van der Waals surface area (Å²) in [6.07, 6.45) is 1.52. The minimum atomic E-state index is -1.17. The number of aliphatic carboxylic acids is 1. The van der Waals surface area contributed by atoms with Crippen LogP contribution in [0.3, 0.4) is 0 Å². The molecular weight excluding hydrogens is 274 g/mol. The van der Waals surface area contributed by atoms with E-state index in [1.807, 2.05) is 24.3 Å². The highest BCUT2D eigenvalue weighted by atomic mass is 16.4. The fraction of sp³-hybridized carbons (Fsp3) is 0.357. The molecule has 1 aromatic carbocycles. The summed E-state index contributed by atoms with van der Waals surface area (Å²) >= 11 is 0. The molecule has 0 radical (unpaired) electrons. The average molecular weight is 291 g/mol. The number of aliphatic hydroxyl groups excluding tert-OH is 1. The Hall–Kier alpha value is -2.41. The number of carboxylic acid groups (broad SMARTS) is 1. The molecule has 0 aliphatic heterocycles. The Labute approximate surface area is 121 Å². The van der Waals surface area contributed by atoms with Crippen LogP contribution in [0.15, 0.2) is 30.6 Å². The van der Waals surface area contributed by atoms with Crippen LogP contribution in [-0.2, 0) is 9.59 Å². The number of rotatable bonds is 6. The maximum absolute atomic E-state index is 12.2. The average Bonchev–Trinajstić information content (AvgIpc) is 2.89. The Morgan fingerprint density at radius 2 is 2.10 bits per heavy atom. The van der Waals surface area contributed by atoms with E-state index in [0.717, 1.165) is 11.0 Å². The number of fused-ring (bicyclic) bond motifs is 1. The number of imidazole rings is 1. The molecule has 7 heteroatoms. The van der Waals surface area contributed by atoms with Crippen molar-refractivity contribution in [1.29, 1.82) is 0 Å². The lowest BCUT2D eigenvalue weighted by Crippen LogP contribution is -2.44. The van der Waals surface area contributed by atoms with Gasteiger partial charge in [0.25, 0.3) is 0 Å². The molecule has 0 saturated carbocycles. The molecule has 0 fully saturated rings. The van der Waals surface area contributed by atoms with Gasteiger partial charge in [0.05, 0.1) is 17.4 Å². The number of carboxylic acids is 1. The zero-order chi connectivity index (χ0) is 15.4. The van der Waals surface area contributed by atoms with Gasteiger partial charge in [-0.2, -0.15) is 0 Å². The lowest BCUT2D eigenvalue weighted by atomic mass is 10.2. The van der Waals surface area contributed by atoms with Crippen molar-refractivity contribution in [2.24, 2.45) is 0 Å². The van der Waals surface area contributed by atoms with E-state index in [1.165, 1.54) is 0 Å². The fourth-order valence-corrected chi connectivity index (χ4v) is 2.09. The van der Waals surface area contributed by atoms with Crippen molar-refractivity contribution in [2.75, 3.05) is 6.61 Å². The summed E-state index contributed by atoms with van der Waals surface area (Å²) < 4.78 is 1.68. The molecule has 3 N–H and O–H groups in total. The lowest BCUT2D eigenvalue weighted by Gasteiger charge is -2.18. The SMILES string of the molecule is CC(C(=O)N[C@H](CCO)C(=O)O)n1cnc2ccccc21. The lowest BCUT2D eigenvalue weighted by molar-refractivity contribution is -0.142. The second kappa shape index (κ2) is 6.36. The third-order valence-electron chi connectivity index (χ3n) is 3.31. The zero-order valence-corrected chi connectivity index (χ0v) is 11.6. The Morgan fingerprint density at radius 1 is 1.38 bits per heavy atom. The largest absolute Gasteiger partial charge is 0.480 e. The van der Waals surface area contributed by atoms with Crippen LogP contribution < -0.4 is 5.32 Å². The van der Waals surface area contributed by atoms with Crippen molar-refractivity contribution < 1.29 is 19.8 Å². The van der Waals surface area contributed by atoms with E-state index >= 15 is 0 Å². The molecule has 0 aliphatic rings. The van der Waals surface area contributed by atoms with Gasteiger partial charge in [0.1, 0.15) is 12.1 Å². The van der Waals surface area contributed by atoms with Gasteiger partial charge >= 0.3 is 5.97 Å². The number of carbonyl (C=O) groups is 2. The summed E-state index contributed by atoms with van der Waals surface area (Å²) in [7, 11) is 0. The Morgan fingerprint density at radius 3 is 2.76 bits per heavy atom. The van der Waals surface area contributed by atoms with Gasteiger partial charge in [0.15, 0.2) is 0 Å². The van der Waals surface area contributed by atoms with Crippen LogP contribution in [0.1, 0.15) is 19.4 Å². The number of nitrogens with zero attached hydrogens (tertiary/aromatic N) is 2. The van der Waals surface area contributed by atoms with Crippen molar-refractivity contribution in [3.8, 4) is 0 Å². The second-order valence-electron chi connectivity index (χ2n) is 4.73. The van der Waals surface area contributed by atoms with E-state index in [9.17, 15) is 9.59 Å². The third kappa shape index (κ3) is 3.19. The van der Waals surface area contributed by atoms with Crippen LogP contribution in [0.5, 0.6) is 0 Å². The molecular formula is C14H17N3O4. The fourth-order valence-electron chi connectivity index (χ4n) is 2.09. The quantitative estimate of drug-likeness (QED) is 0.721. The first-order chi connectivity index (χ1) is 10.0. The van der Waals surface area contributed by atoms with Gasteiger partial charge in [-0.15, -0.1) is 0 Å². The minimum absolute atomic E-state index is 0.0293. The topological polar surface area (TPSA) is 104 Å². The monoisotopic (exact) mass is 291 g/mol. The number of hydrogen-bond acceptors (Lipinski definition) is 4. The van der Waals surface area contributed by atoms with Gasteiger partial charge in [0.2, 0.25) is 5.91 Å². The summed E-state index contributed by atoms with van der Waals surface area (Å²) in [5, 5.41) is 20.2. The molecule has 2 atom stereocenters. The molecule has 1 unspecified atom stereocenters. The maximum atomic E-state index is 12.2. The van der Waals surface area contributed by atoms with E-state index in [2.05, 4.69) is 10.3 Å². The van der Waals surface area contributed by atoms with Crippen LogP contribution in [0.2, 0.25) is 0 Å². The van der Waals surface area contributed by atoms with E-state index in [4.69, 9.17) is 10.2 Å². The first-order valence-corrected chi connectivity index (χ1v) is 6.60. The minimum Gasteiger partial charge on any atom is -0.480 e. The second-order valence-corrected chi connectivity index (χ2v) is 4.73. The van der Waals surface area contributed by atoms with E-state index in [0.29, 0.717) is 0 Å². The molecule has 7 nitrogen and oxygen atoms in total. The van der Waals surface area contributed by atoms with Crippen molar-refractivity contribution in [1.82, 2.24) is 14.9 Å². The molecule has 1 amide bonds. The molecule has 0 saturated heterocycles.